The number of phenols is 1. The van der Waals surface area contributed by atoms with Crippen LogP contribution in [0.2, 0.25) is 0 Å². The fourth-order valence-electron chi connectivity index (χ4n) is 1.95. The molecule has 0 saturated carbocycles. The number of epoxide rings is 1. The van der Waals surface area contributed by atoms with Crippen LogP contribution in [-0.2, 0) is 9.47 Å². The van der Waals surface area contributed by atoms with Crippen molar-refractivity contribution in [1.29, 1.82) is 0 Å². The molecule has 0 amide bonds. The lowest BCUT2D eigenvalue weighted by Gasteiger charge is -2.00. The summed E-state index contributed by atoms with van der Waals surface area (Å²) in [4.78, 5) is 1.44. The second kappa shape index (κ2) is 6.55. The highest BCUT2D eigenvalue weighted by atomic mass is 16.6. The molecule has 1 unspecified atom stereocenters. The van der Waals surface area contributed by atoms with Crippen molar-refractivity contribution in [3.8, 4) is 11.4 Å². The number of methoxy groups -OCH3 is 1. The van der Waals surface area contributed by atoms with Crippen molar-refractivity contribution in [3.63, 3.8) is 0 Å². The zero-order chi connectivity index (χ0) is 15.4. The Morgan fingerprint density at radius 1 is 1.14 bits per heavy atom. The van der Waals surface area contributed by atoms with Gasteiger partial charge in [-0.25, -0.2) is 0 Å². The SMILES string of the molecule is COCC1CO1.Oc1ccccc1-n1nc2ccccc2n1. The van der Waals surface area contributed by atoms with Gasteiger partial charge in [-0.15, -0.1) is 15.0 Å². The number of phenolic OH excluding ortho intramolecular Hbond substituents is 1. The minimum Gasteiger partial charge on any atom is -0.506 e. The standard InChI is InChI=1S/C12H9N3O.C4H8O2/c16-12-8-4-3-7-11(12)15-13-9-5-1-2-6-10(9)14-15;1-5-2-4-3-6-4/h1-8,16H;4H,2-3H2,1H3. The summed E-state index contributed by atoms with van der Waals surface area (Å²) in [5.74, 6) is 0.169. The second-order valence-electron chi connectivity index (χ2n) is 4.88. The summed E-state index contributed by atoms with van der Waals surface area (Å²) < 4.78 is 9.56. The van der Waals surface area contributed by atoms with Crippen LogP contribution >= 0.6 is 0 Å². The van der Waals surface area contributed by atoms with Crippen LogP contribution < -0.4 is 0 Å². The Labute approximate surface area is 127 Å². The zero-order valence-electron chi connectivity index (χ0n) is 12.2. The number of ether oxygens (including phenoxy) is 2. The highest BCUT2D eigenvalue weighted by molar-refractivity contribution is 5.73. The van der Waals surface area contributed by atoms with Gasteiger partial charge in [0.1, 0.15) is 28.6 Å². The van der Waals surface area contributed by atoms with Crippen molar-refractivity contribution >= 4 is 11.0 Å². The number of nitrogens with zero attached hydrogens (tertiary/aromatic N) is 3. The molecule has 22 heavy (non-hydrogen) atoms. The van der Waals surface area contributed by atoms with Crippen LogP contribution in [0.3, 0.4) is 0 Å². The Balaban J connectivity index is 0.000000202. The minimum atomic E-state index is 0.169. The first-order valence-corrected chi connectivity index (χ1v) is 6.99. The molecule has 0 bridgehead atoms. The molecule has 4 rings (SSSR count). The van der Waals surface area contributed by atoms with Crippen molar-refractivity contribution in [3.05, 3.63) is 48.5 Å². The lowest BCUT2D eigenvalue weighted by atomic mass is 10.3. The van der Waals surface area contributed by atoms with Gasteiger partial charge in [0.15, 0.2) is 0 Å². The predicted molar refractivity (Wildman–Crippen MR) is 82.1 cm³/mol. The summed E-state index contributed by atoms with van der Waals surface area (Å²) >= 11 is 0. The van der Waals surface area contributed by atoms with E-state index in [1.165, 1.54) is 4.80 Å². The van der Waals surface area contributed by atoms with Gasteiger partial charge in [-0.1, -0.05) is 24.3 Å². The second-order valence-corrected chi connectivity index (χ2v) is 4.88. The quantitative estimate of drug-likeness (QED) is 0.750. The molecule has 1 fully saturated rings. The molecule has 1 N–H and O–H groups in total. The van der Waals surface area contributed by atoms with Crippen molar-refractivity contribution < 1.29 is 14.6 Å². The maximum absolute atomic E-state index is 9.69. The molecule has 2 heterocycles. The zero-order valence-corrected chi connectivity index (χ0v) is 12.2. The van der Waals surface area contributed by atoms with Gasteiger partial charge < -0.3 is 14.6 Å². The average Bonchev–Trinajstić information content (AvgIpc) is 3.25. The topological polar surface area (TPSA) is 72.7 Å². The molecular formula is C16H17N3O3. The molecule has 1 aromatic heterocycles. The summed E-state index contributed by atoms with van der Waals surface area (Å²) in [6, 6.07) is 14.6. The lowest BCUT2D eigenvalue weighted by Crippen LogP contribution is -1.98. The van der Waals surface area contributed by atoms with Crippen molar-refractivity contribution in [2.45, 2.75) is 6.10 Å². The highest BCUT2D eigenvalue weighted by Crippen LogP contribution is 2.20. The maximum atomic E-state index is 9.69. The van der Waals surface area contributed by atoms with Gasteiger partial charge in [-0.3, -0.25) is 0 Å². The van der Waals surface area contributed by atoms with E-state index in [4.69, 9.17) is 9.47 Å². The summed E-state index contributed by atoms with van der Waals surface area (Å²) in [5.41, 5.74) is 2.20. The third-order valence-corrected chi connectivity index (χ3v) is 3.14. The largest absolute Gasteiger partial charge is 0.506 e. The number of hydrogen-bond acceptors (Lipinski definition) is 5. The summed E-state index contributed by atoms with van der Waals surface area (Å²) in [5, 5.41) is 18.3. The number of aromatic hydroxyl groups is 1. The number of aromatic nitrogens is 3. The number of fused-ring (bicyclic) bond motifs is 1. The van der Waals surface area contributed by atoms with Crippen LogP contribution in [0.5, 0.6) is 5.75 Å². The Hall–Kier alpha value is -2.44. The molecule has 1 aliphatic rings. The molecular weight excluding hydrogens is 282 g/mol. The van der Waals surface area contributed by atoms with E-state index in [9.17, 15) is 5.11 Å². The monoisotopic (exact) mass is 299 g/mol. The molecule has 0 radical (unpaired) electrons. The number of para-hydroxylation sites is 2. The summed E-state index contributed by atoms with van der Waals surface area (Å²) in [7, 11) is 1.68. The summed E-state index contributed by atoms with van der Waals surface area (Å²) in [6.45, 7) is 1.66. The van der Waals surface area contributed by atoms with E-state index in [1.54, 1.807) is 25.3 Å². The smallest absolute Gasteiger partial charge is 0.143 e. The van der Waals surface area contributed by atoms with Gasteiger partial charge in [0.05, 0.1) is 13.2 Å². The minimum absolute atomic E-state index is 0.169. The molecule has 3 aromatic rings. The van der Waals surface area contributed by atoms with Crippen LogP contribution in [0.1, 0.15) is 0 Å². The maximum Gasteiger partial charge on any atom is 0.143 e. The number of rotatable bonds is 3. The van der Waals surface area contributed by atoms with Crippen LogP contribution in [0, 0.1) is 0 Å². The molecule has 1 saturated heterocycles. The van der Waals surface area contributed by atoms with Crippen molar-refractivity contribution in [2.24, 2.45) is 0 Å². The first-order valence-electron chi connectivity index (χ1n) is 6.99. The van der Waals surface area contributed by atoms with Crippen molar-refractivity contribution in [2.75, 3.05) is 20.3 Å². The van der Waals surface area contributed by atoms with Gasteiger partial charge in [-0.05, 0) is 24.3 Å². The molecule has 6 heteroatoms. The average molecular weight is 299 g/mol. The lowest BCUT2D eigenvalue weighted by molar-refractivity contribution is 0.171. The Bertz CT molecular complexity index is 720. The molecule has 1 atom stereocenters. The predicted octanol–water partition coefficient (Wildman–Crippen LogP) is 2.16. The molecule has 0 spiro atoms. The molecule has 6 nitrogen and oxygen atoms in total. The Morgan fingerprint density at radius 3 is 2.23 bits per heavy atom. The highest BCUT2D eigenvalue weighted by Gasteiger charge is 2.21. The third kappa shape index (κ3) is 3.41. The van der Waals surface area contributed by atoms with Crippen LogP contribution in [0.25, 0.3) is 16.7 Å². The normalized spacial score (nSPS) is 16.1. The molecule has 2 aromatic carbocycles. The van der Waals surface area contributed by atoms with Gasteiger partial charge in [0.2, 0.25) is 0 Å². The number of benzene rings is 2. The van der Waals surface area contributed by atoms with Gasteiger partial charge in [0.25, 0.3) is 0 Å². The van der Waals surface area contributed by atoms with Crippen LogP contribution in [0.15, 0.2) is 48.5 Å². The van der Waals surface area contributed by atoms with E-state index < -0.39 is 0 Å². The van der Waals surface area contributed by atoms with E-state index >= 15 is 0 Å². The first kappa shape index (κ1) is 14.5. The fourth-order valence-corrected chi connectivity index (χ4v) is 1.95. The van der Waals surface area contributed by atoms with Crippen LogP contribution in [-0.4, -0.2) is 46.5 Å². The van der Waals surface area contributed by atoms with E-state index in [0.29, 0.717) is 11.8 Å². The van der Waals surface area contributed by atoms with Crippen LogP contribution in [0.4, 0.5) is 0 Å². The van der Waals surface area contributed by atoms with Gasteiger partial charge in [-0.2, -0.15) is 0 Å². The third-order valence-electron chi connectivity index (χ3n) is 3.14. The van der Waals surface area contributed by atoms with E-state index in [-0.39, 0.29) is 5.75 Å². The van der Waals surface area contributed by atoms with Gasteiger partial charge >= 0.3 is 0 Å². The fraction of sp³-hybridized carbons (Fsp3) is 0.250. The number of hydrogen-bond donors (Lipinski definition) is 1. The van der Waals surface area contributed by atoms with E-state index in [1.807, 2.05) is 30.3 Å². The molecule has 1 aliphatic heterocycles. The van der Waals surface area contributed by atoms with E-state index in [2.05, 4.69) is 10.2 Å². The summed E-state index contributed by atoms with van der Waals surface area (Å²) in [6.07, 6.45) is 0.426. The first-order chi connectivity index (χ1) is 10.8. The Kier molecular flexibility index (Phi) is 4.32. The van der Waals surface area contributed by atoms with Crippen molar-refractivity contribution in [1.82, 2.24) is 15.0 Å². The van der Waals surface area contributed by atoms with E-state index in [0.717, 1.165) is 24.2 Å². The Morgan fingerprint density at radius 2 is 1.73 bits per heavy atom. The molecule has 0 aliphatic carbocycles. The molecule has 114 valence electrons. The van der Waals surface area contributed by atoms with Gasteiger partial charge in [0, 0.05) is 7.11 Å².